The molecule has 0 N–H and O–H groups in total. The molecule has 0 aromatic heterocycles. The van der Waals surface area contributed by atoms with Crippen molar-refractivity contribution in [3.8, 4) is 5.75 Å². The van der Waals surface area contributed by atoms with E-state index in [4.69, 9.17) is 9.47 Å². The standard InChI is InChI=1S/C15H16O3/c1-10(17-2)15(16)13-5-4-12-9-14(18-3)7-6-11(12)8-13/h4-10H,1-3H3. The molecule has 18 heavy (non-hydrogen) atoms. The van der Waals surface area contributed by atoms with Crippen LogP contribution in [0.4, 0.5) is 0 Å². The molecule has 0 fully saturated rings. The zero-order valence-corrected chi connectivity index (χ0v) is 10.8. The zero-order valence-electron chi connectivity index (χ0n) is 10.8. The summed E-state index contributed by atoms with van der Waals surface area (Å²) in [5.74, 6) is 0.807. The largest absolute Gasteiger partial charge is 0.497 e. The molecule has 0 heterocycles. The molecule has 3 heteroatoms. The van der Waals surface area contributed by atoms with Gasteiger partial charge in [-0.3, -0.25) is 4.79 Å². The summed E-state index contributed by atoms with van der Waals surface area (Å²) in [6.07, 6.45) is -0.416. The van der Waals surface area contributed by atoms with Crippen molar-refractivity contribution in [1.82, 2.24) is 0 Å². The Morgan fingerprint density at radius 3 is 2.39 bits per heavy atom. The molecule has 0 aliphatic carbocycles. The van der Waals surface area contributed by atoms with Crippen molar-refractivity contribution in [3.63, 3.8) is 0 Å². The minimum absolute atomic E-state index is 0.00443. The molecule has 0 saturated carbocycles. The predicted octanol–water partition coefficient (Wildman–Crippen LogP) is 3.07. The van der Waals surface area contributed by atoms with Gasteiger partial charge in [-0.25, -0.2) is 0 Å². The van der Waals surface area contributed by atoms with Crippen LogP contribution in [0.15, 0.2) is 36.4 Å². The third-order valence-corrected chi connectivity index (χ3v) is 3.05. The Morgan fingerprint density at radius 2 is 1.72 bits per heavy atom. The molecule has 1 unspecified atom stereocenters. The maximum atomic E-state index is 12.0. The van der Waals surface area contributed by atoms with Gasteiger partial charge in [0.2, 0.25) is 0 Å². The lowest BCUT2D eigenvalue weighted by Gasteiger charge is -2.09. The van der Waals surface area contributed by atoms with Gasteiger partial charge in [-0.15, -0.1) is 0 Å². The second-order valence-corrected chi connectivity index (χ2v) is 4.17. The molecule has 94 valence electrons. The highest BCUT2D eigenvalue weighted by atomic mass is 16.5. The van der Waals surface area contributed by atoms with Crippen molar-refractivity contribution in [1.29, 1.82) is 0 Å². The molecular formula is C15H16O3. The summed E-state index contributed by atoms with van der Waals surface area (Å²) >= 11 is 0. The van der Waals surface area contributed by atoms with Crippen molar-refractivity contribution in [3.05, 3.63) is 42.0 Å². The van der Waals surface area contributed by atoms with E-state index in [1.807, 2.05) is 36.4 Å². The number of Topliss-reactive ketones (excluding diaryl/α,β-unsaturated/α-hetero) is 1. The average molecular weight is 244 g/mol. The number of carbonyl (C=O) groups is 1. The third-order valence-electron chi connectivity index (χ3n) is 3.05. The first kappa shape index (κ1) is 12.6. The third kappa shape index (κ3) is 2.36. The first-order valence-corrected chi connectivity index (χ1v) is 5.80. The number of ether oxygens (including phenoxy) is 2. The summed E-state index contributed by atoms with van der Waals surface area (Å²) in [5, 5.41) is 2.07. The Morgan fingerprint density at radius 1 is 1.06 bits per heavy atom. The molecule has 0 aliphatic heterocycles. The summed E-state index contributed by atoms with van der Waals surface area (Å²) < 4.78 is 10.2. The molecule has 3 nitrogen and oxygen atoms in total. The number of hydrogen-bond acceptors (Lipinski definition) is 3. The van der Waals surface area contributed by atoms with Gasteiger partial charge in [0, 0.05) is 12.7 Å². The van der Waals surface area contributed by atoms with E-state index in [9.17, 15) is 4.79 Å². The number of rotatable bonds is 4. The van der Waals surface area contributed by atoms with E-state index >= 15 is 0 Å². The van der Waals surface area contributed by atoms with Crippen LogP contribution in [0.3, 0.4) is 0 Å². The van der Waals surface area contributed by atoms with Crippen LogP contribution in [0.5, 0.6) is 5.75 Å². The second-order valence-electron chi connectivity index (χ2n) is 4.17. The van der Waals surface area contributed by atoms with Crippen molar-refractivity contribution >= 4 is 16.6 Å². The number of carbonyl (C=O) groups excluding carboxylic acids is 1. The fraction of sp³-hybridized carbons (Fsp3) is 0.267. The number of methoxy groups -OCH3 is 2. The molecule has 2 aromatic rings. The number of hydrogen-bond donors (Lipinski definition) is 0. The summed E-state index contributed by atoms with van der Waals surface area (Å²) in [7, 11) is 3.17. The van der Waals surface area contributed by atoms with Gasteiger partial charge in [0.05, 0.1) is 7.11 Å². The summed E-state index contributed by atoms with van der Waals surface area (Å²) in [4.78, 5) is 12.0. The SMILES string of the molecule is COc1ccc2cc(C(=O)C(C)OC)ccc2c1. The maximum absolute atomic E-state index is 12.0. The topological polar surface area (TPSA) is 35.5 Å². The van der Waals surface area contributed by atoms with E-state index < -0.39 is 6.10 Å². The fourth-order valence-electron chi connectivity index (χ4n) is 1.85. The van der Waals surface area contributed by atoms with Gasteiger partial charge in [-0.05, 0) is 35.9 Å². The highest BCUT2D eigenvalue weighted by Crippen LogP contribution is 2.22. The predicted molar refractivity (Wildman–Crippen MR) is 71.3 cm³/mol. The Balaban J connectivity index is 2.42. The fourth-order valence-corrected chi connectivity index (χ4v) is 1.85. The average Bonchev–Trinajstić information content (AvgIpc) is 2.44. The molecule has 0 aliphatic rings. The molecule has 1 atom stereocenters. The van der Waals surface area contributed by atoms with Gasteiger partial charge in [-0.1, -0.05) is 18.2 Å². The zero-order chi connectivity index (χ0) is 13.1. The van der Waals surface area contributed by atoms with Crippen LogP contribution >= 0.6 is 0 Å². The van der Waals surface area contributed by atoms with Gasteiger partial charge in [0.25, 0.3) is 0 Å². The van der Waals surface area contributed by atoms with E-state index in [0.717, 1.165) is 16.5 Å². The molecule has 0 saturated heterocycles. The maximum Gasteiger partial charge on any atom is 0.191 e. The van der Waals surface area contributed by atoms with Crippen LogP contribution < -0.4 is 4.74 Å². The van der Waals surface area contributed by atoms with E-state index in [-0.39, 0.29) is 5.78 Å². The minimum atomic E-state index is -0.416. The van der Waals surface area contributed by atoms with Gasteiger partial charge in [0.15, 0.2) is 5.78 Å². The van der Waals surface area contributed by atoms with Crippen LogP contribution in [0.2, 0.25) is 0 Å². The van der Waals surface area contributed by atoms with Crippen LogP contribution in [0.25, 0.3) is 10.8 Å². The lowest BCUT2D eigenvalue weighted by atomic mass is 10.0. The van der Waals surface area contributed by atoms with Crippen LogP contribution in [0.1, 0.15) is 17.3 Å². The van der Waals surface area contributed by atoms with Crippen LogP contribution in [-0.4, -0.2) is 26.1 Å². The van der Waals surface area contributed by atoms with Crippen molar-refractivity contribution in [2.75, 3.05) is 14.2 Å². The van der Waals surface area contributed by atoms with Crippen LogP contribution in [0, 0.1) is 0 Å². The number of ketones is 1. The van der Waals surface area contributed by atoms with Crippen LogP contribution in [-0.2, 0) is 4.74 Å². The summed E-state index contributed by atoms with van der Waals surface area (Å²) in [6.45, 7) is 1.75. The van der Waals surface area contributed by atoms with E-state index in [2.05, 4.69) is 0 Å². The summed E-state index contributed by atoms with van der Waals surface area (Å²) in [6, 6.07) is 11.4. The van der Waals surface area contributed by atoms with E-state index in [0.29, 0.717) is 5.56 Å². The van der Waals surface area contributed by atoms with Gasteiger partial charge < -0.3 is 9.47 Å². The molecule has 0 bridgehead atoms. The first-order chi connectivity index (χ1) is 8.65. The molecule has 0 spiro atoms. The quantitative estimate of drug-likeness (QED) is 0.775. The first-order valence-electron chi connectivity index (χ1n) is 5.80. The lowest BCUT2D eigenvalue weighted by Crippen LogP contribution is -2.18. The van der Waals surface area contributed by atoms with Gasteiger partial charge in [0.1, 0.15) is 11.9 Å². The number of fused-ring (bicyclic) bond motifs is 1. The minimum Gasteiger partial charge on any atom is -0.497 e. The van der Waals surface area contributed by atoms with Crippen molar-refractivity contribution in [2.24, 2.45) is 0 Å². The summed E-state index contributed by atoms with van der Waals surface area (Å²) in [5.41, 5.74) is 0.669. The molecule has 0 amide bonds. The van der Waals surface area contributed by atoms with Gasteiger partial charge >= 0.3 is 0 Å². The van der Waals surface area contributed by atoms with Crippen molar-refractivity contribution in [2.45, 2.75) is 13.0 Å². The Labute approximate surface area is 106 Å². The van der Waals surface area contributed by atoms with E-state index in [1.54, 1.807) is 14.0 Å². The highest BCUT2D eigenvalue weighted by molar-refractivity contribution is 6.02. The second kappa shape index (κ2) is 5.19. The number of benzene rings is 2. The van der Waals surface area contributed by atoms with Crippen molar-refractivity contribution < 1.29 is 14.3 Å². The highest BCUT2D eigenvalue weighted by Gasteiger charge is 2.14. The van der Waals surface area contributed by atoms with E-state index in [1.165, 1.54) is 7.11 Å². The molecule has 2 rings (SSSR count). The smallest absolute Gasteiger partial charge is 0.191 e. The Hall–Kier alpha value is -1.87. The molecule has 2 aromatic carbocycles. The Kier molecular flexibility index (Phi) is 3.63. The normalized spacial score (nSPS) is 12.4. The molecular weight excluding hydrogens is 228 g/mol. The van der Waals surface area contributed by atoms with Gasteiger partial charge in [-0.2, -0.15) is 0 Å². The molecule has 0 radical (unpaired) electrons. The Bertz CT molecular complexity index is 575. The lowest BCUT2D eigenvalue weighted by molar-refractivity contribution is 0.0656. The monoisotopic (exact) mass is 244 g/mol.